The van der Waals surface area contributed by atoms with Gasteiger partial charge in [-0.2, -0.15) is 0 Å². The van der Waals surface area contributed by atoms with Crippen molar-refractivity contribution in [2.45, 2.75) is 20.3 Å². The maximum atomic E-state index is 12.1. The summed E-state index contributed by atoms with van der Waals surface area (Å²) in [6.45, 7) is 3.96. The summed E-state index contributed by atoms with van der Waals surface area (Å²) < 4.78 is 0. The van der Waals surface area contributed by atoms with E-state index in [9.17, 15) is 9.59 Å². The molecule has 0 radical (unpaired) electrons. The molecule has 0 fully saturated rings. The average molecular weight is 335 g/mol. The first kappa shape index (κ1) is 18.2. The van der Waals surface area contributed by atoms with Crippen LogP contribution in [-0.4, -0.2) is 17.0 Å². The number of amides is 1. The van der Waals surface area contributed by atoms with Crippen molar-refractivity contribution in [3.63, 3.8) is 0 Å². The van der Waals surface area contributed by atoms with Crippen molar-refractivity contribution in [1.29, 1.82) is 0 Å². The first-order valence-corrected chi connectivity index (χ1v) is 8.08. The molecule has 2 rings (SSSR count). The molecule has 0 heterocycles. The molecule has 0 atom stereocenters. The molecule has 0 saturated carbocycles. The second-order valence-electron chi connectivity index (χ2n) is 5.65. The molecule has 0 aliphatic rings. The Labute approximate surface area is 147 Å². The van der Waals surface area contributed by atoms with Crippen LogP contribution in [0.5, 0.6) is 0 Å². The third-order valence-electron chi connectivity index (χ3n) is 3.69. The molecule has 0 unspecified atom stereocenters. The van der Waals surface area contributed by atoms with E-state index in [0.29, 0.717) is 5.69 Å². The monoisotopic (exact) mass is 335 g/mol. The summed E-state index contributed by atoms with van der Waals surface area (Å²) in [6, 6.07) is 16.1. The molecule has 0 aliphatic heterocycles. The number of allylic oxidation sites excluding steroid dienone is 3. The number of carboxylic acids is 1. The van der Waals surface area contributed by atoms with Crippen LogP contribution >= 0.6 is 0 Å². The highest BCUT2D eigenvalue weighted by Gasteiger charge is 2.04. The van der Waals surface area contributed by atoms with Gasteiger partial charge in [0.25, 0.3) is 0 Å². The largest absolute Gasteiger partial charge is 0.478 e. The number of anilines is 1. The minimum Gasteiger partial charge on any atom is -0.478 e. The maximum absolute atomic E-state index is 12.1. The molecule has 0 saturated heterocycles. The molecule has 0 bridgehead atoms. The topological polar surface area (TPSA) is 66.4 Å². The number of carbonyl (C=O) groups excluding carboxylic acids is 1. The number of carbonyl (C=O) groups is 2. The highest BCUT2D eigenvalue weighted by atomic mass is 16.4. The first-order chi connectivity index (χ1) is 12.0. The van der Waals surface area contributed by atoms with E-state index in [1.807, 2.05) is 43.3 Å². The quantitative estimate of drug-likeness (QED) is 0.590. The normalized spacial score (nSPS) is 11.9. The van der Waals surface area contributed by atoms with E-state index in [1.54, 1.807) is 12.1 Å². The number of carboxylic acid groups (broad SMARTS) is 1. The smallest absolute Gasteiger partial charge is 0.335 e. The summed E-state index contributed by atoms with van der Waals surface area (Å²) in [7, 11) is 0. The molecule has 2 N–H and O–H groups in total. The molecule has 1 amide bonds. The molecular formula is C21H21NO3. The summed E-state index contributed by atoms with van der Waals surface area (Å²) in [5.41, 5.74) is 3.89. The van der Waals surface area contributed by atoms with E-state index in [4.69, 9.17) is 5.11 Å². The van der Waals surface area contributed by atoms with Crippen LogP contribution in [0.3, 0.4) is 0 Å². The molecule has 0 aliphatic carbocycles. The Kier molecular flexibility index (Phi) is 6.29. The van der Waals surface area contributed by atoms with Crippen LogP contribution in [0.4, 0.5) is 5.69 Å². The standard InChI is InChI=1S/C21H21NO3/c1-3-16(17-7-5-4-6-8-17)13-15(2)14-20(23)22-19-11-9-18(10-12-19)21(24)25/h4-14H,3H2,1-2H3,(H,22,23)(H,24,25)/b15-14-,16-13+. The highest BCUT2D eigenvalue weighted by molar-refractivity contribution is 6.00. The van der Waals surface area contributed by atoms with Crippen molar-refractivity contribution in [2.24, 2.45) is 0 Å². The number of hydrogen-bond acceptors (Lipinski definition) is 2. The van der Waals surface area contributed by atoms with Gasteiger partial charge in [-0.05, 0) is 54.3 Å². The summed E-state index contributed by atoms with van der Waals surface area (Å²) in [5.74, 6) is -1.24. The Bertz CT molecular complexity index is 803. The number of rotatable bonds is 6. The van der Waals surface area contributed by atoms with E-state index in [-0.39, 0.29) is 11.5 Å². The summed E-state index contributed by atoms with van der Waals surface area (Å²) in [5, 5.41) is 11.6. The second kappa shape index (κ2) is 8.64. The van der Waals surface area contributed by atoms with Crippen molar-refractivity contribution in [3.8, 4) is 0 Å². The van der Waals surface area contributed by atoms with E-state index in [1.165, 1.54) is 18.2 Å². The third-order valence-corrected chi connectivity index (χ3v) is 3.69. The fourth-order valence-electron chi connectivity index (χ4n) is 2.44. The zero-order valence-electron chi connectivity index (χ0n) is 14.3. The maximum Gasteiger partial charge on any atom is 0.335 e. The van der Waals surface area contributed by atoms with E-state index in [0.717, 1.165) is 23.1 Å². The Balaban J connectivity index is 2.08. The van der Waals surface area contributed by atoms with Gasteiger partial charge in [0.15, 0.2) is 0 Å². The molecule has 0 aromatic heterocycles. The summed E-state index contributed by atoms with van der Waals surface area (Å²) >= 11 is 0. The second-order valence-corrected chi connectivity index (χ2v) is 5.65. The Morgan fingerprint density at radius 1 is 0.960 bits per heavy atom. The fourth-order valence-corrected chi connectivity index (χ4v) is 2.44. The molecule has 128 valence electrons. The van der Waals surface area contributed by atoms with Gasteiger partial charge in [-0.1, -0.05) is 43.3 Å². The van der Waals surface area contributed by atoms with Gasteiger partial charge in [0.1, 0.15) is 0 Å². The van der Waals surface area contributed by atoms with Crippen molar-refractivity contribution >= 4 is 23.1 Å². The van der Waals surface area contributed by atoms with E-state index >= 15 is 0 Å². The van der Waals surface area contributed by atoms with Crippen molar-refractivity contribution < 1.29 is 14.7 Å². The van der Waals surface area contributed by atoms with Gasteiger partial charge in [0, 0.05) is 11.8 Å². The van der Waals surface area contributed by atoms with Crippen molar-refractivity contribution in [1.82, 2.24) is 0 Å². The van der Waals surface area contributed by atoms with E-state index in [2.05, 4.69) is 12.2 Å². The Hall–Kier alpha value is -3.14. The van der Waals surface area contributed by atoms with Crippen LogP contribution in [0.2, 0.25) is 0 Å². The zero-order valence-corrected chi connectivity index (χ0v) is 14.3. The van der Waals surface area contributed by atoms with Crippen LogP contribution < -0.4 is 5.32 Å². The average Bonchev–Trinajstić information content (AvgIpc) is 2.60. The lowest BCUT2D eigenvalue weighted by Gasteiger charge is -2.06. The van der Waals surface area contributed by atoms with Gasteiger partial charge in [0.2, 0.25) is 5.91 Å². The van der Waals surface area contributed by atoms with Crippen LogP contribution in [0.1, 0.15) is 36.2 Å². The SMILES string of the molecule is CC/C(=C\C(C)=C/C(=O)Nc1ccc(C(=O)O)cc1)c1ccccc1. The van der Waals surface area contributed by atoms with Gasteiger partial charge in [-0.25, -0.2) is 4.79 Å². The van der Waals surface area contributed by atoms with Crippen molar-refractivity contribution in [2.75, 3.05) is 5.32 Å². The van der Waals surface area contributed by atoms with Gasteiger partial charge in [-0.15, -0.1) is 0 Å². The Morgan fingerprint density at radius 3 is 2.16 bits per heavy atom. The van der Waals surface area contributed by atoms with Gasteiger partial charge in [0.05, 0.1) is 5.56 Å². The molecule has 2 aromatic carbocycles. The molecule has 4 heteroatoms. The minimum atomic E-state index is -0.994. The minimum absolute atomic E-state index is 0.183. The lowest BCUT2D eigenvalue weighted by molar-refractivity contribution is -0.111. The van der Waals surface area contributed by atoms with Crippen LogP contribution in [0, 0.1) is 0 Å². The highest BCUT2D eigenvalue weighted by Crippen LogP contribution is 2.19. The van der Waals surface area contributed by atoms with Gasteiger partial charge >= 0.3 is 5.97 Å². The number of benzene rings is 2. The predicted molar refractivity (Wildman–Crippen MR) is 100 cm³/mol. The summed E-state index contributed by atoms with van der Waals surface area (Å²) in [4.78, 5) is 22.9. The molecule has 2 aromatic rings. The van der Waals surface area contributed by atoms with Crippen LogP contribution in [0.15, 0.2) is 72.3 Å². The number of aromatic carboxylic acids is 1. The fraction of sp³-hybridized carbons (Fsp3) is 0.143. The molecule has 25 heavy (non-hydrogen) atoms. The lowest BCUT2D eigenvalue weighted by atomic mass is 10.0. The first-order valence-electron chi connectivity index (χ1n) is 8.08. The van der Waals surface area contributed by atoms with Gasteiger partial charge in [-0.3, -0.25) is 4.79 Å². The summed E-state index contributed by atoms with van der Waals surface area (Å²) in [6.07, 6.45) is 4.40. The van der Waals surface area contributed by atoms with Crippen LogP contribution in [0.25, 0.3) is 5.57 Å². The van der Waals surface area contributed by atoms with E-state index < -0.39 is 5.97 Å². The zero-order chi connectivity index (χ0) is 18.2. The van der Waals surface area contributed by atoms with Crippen LogP contribution in [-0.2, 0) is 4.79 Å². The predicted octanol–water partition coefficient (Wildman–Crippen LogP) is 4.76. The molecule has 0 spiro atoms. The Morgan fingerprint density at radius 2 is 1.60 bits per heavy atom. The molecule has 4 nitrogen and oxygen atoms in total. The van der Waals surface area contributed by atoms with Gasteiger partial charge < -0.3 is 10.4 Å². The molecular weight excluding hydrogens is 314 g/mol. The number of nitrogens with one attached hydrogen (secondary N) is 1. The third kappa shape index (κ3) is 5.46. The van der Waals surface area contributed by atoms with Crippen molar-refractivity contribution in [3.05, 3.63) is 83.4 Å². The lowest BCUT2D eigenvalue weighted by Crippen LogP contribution is -2.08. The number of hydrogen-bond donors (Lipinski definition) is 2.